The molecule has 0 aromatic heterocycles. The van der Waals surface area contributed by atoms with Crippen LogP contribution in [-0.4, -0.2) is 38.8 Å². The number of carbonyl (C=O) groups is 1. The Kier molecular flexibility index (Phi) is 6.11. The van der Waals surface area contributed by atoms with Crippen molar-refractivity contribution in [2.24, 2.45) is 5.92 Å². The highest BCUT2D eigenvalue weighted by atomic mass is 35.5. The summed E-state index contributed by atoms with van der Waals surface area (Å²) in [5.74, 6) is -0.225. The number of piperidine rings is 1. The SMILES string of the molecule is CN(C(=O)C1CCN(S(=O)(=O)c2c(Cl)cccc2Cl)CC1)c1ccccc1. The van der Waals surface area contributed by atoms with Gasteiger partial charge in [0.1, 0.15) is 4.90 Å². The van der Waals surface area contributed by atoms with E-state index in [0.717, 1.165) is 5.69 Å². The fourth-order valence-corrected chi connectivity index (χ4v) is 5.81. The molecule has 144 valence electrons. The highest BCUT2D eigenvalue weighted by Gasteiger charge is 2.35. The minimum atomic E-state index is -3.80. The summed E-state index contributed by atoms with van der Waals surface area (Å²) in [6, 6.07) is 14.0. The van der Waals surface area contributed by atoms with Crippen molar-refractivity contribution in [1.82, 2.24) is 4.31 Å². The van der Waals surface area contributed by atoms with Crippen molar-refractivity contribution in [3.8, 4) is 0 Å². The molecule has 0 bridgehead atoms. The van der Waals surface area contributed by atoms with Crippen molar-refractivity contribution >= 4 is 44.8 Å². The van der Waals surface area contributed by atoms with Crippen molar-refractivity contribution in [2.75, 3.05) is 25.0 Å². The molecule has 2 aromatic carbocycles. The number of rotatable bonds is 4. The van der Waals surface area contributed by atoms with Crippen LogP contribution in [0.3, 0.4) is 0 Å². The summed E-state index contributed by atoms with van der Waals surface area (Å²) >= 11 is 12.1. The first-order valence-corrected chi connectivity index (χ1v) is 10.8. The summed E-state index contributed by atoms with van der Waals surface area (Å²) in [6.45, 7) is 0.506. The molecule has 0 radical (unpaired) electrons. The molecule has 2 aromatic rings. The van der Waals surface area contributed by atoms with Gasteiger partial charge in [-0.15, -0.1) is 0 Å². The molecule has 0 saturated carbocycles. The van der Waals surface area contributed by atoms with Crippen LogP contribution >= 0.6 is 23.2 Å². The second-order valence-corrected chi connectivity index (χ2v) is 9.15. The minimum absolute atomic E-state index is 0.00553. The van der Waals surface area contributed by atoms with E-state index in [9.17, 15) is 13.2 Å². The fraction of sp³-hybridized carbons (Fsp3) is 0.316. The average Bonchev–Trinajstić information content (AvgIpc) is 2.67. The molecule has 27 heavy (non-hydrogen) atoms. The smallest absolute Gasteiger partial charge is 0.246 e. The Morgan fingerprint density at radius 2 is 1.56 bits per heavy atom. The van der Waals surface area contributed by atoms with Crippen molar-refractivity contribution < 1.29 is 13.2 Å². The third kappa shape index (κ3) is 4.14. The van der Waals surface area contributed by atoms with E-state index in [4.69, 9.17) is 23.2 Å². The maximum atomic E-state index is 12.9. The summed E-state index contributed by atoms with van der Waals surface area (Å²) in [4.78, 5) is 14.3. The van der Waals surface area contributed by atoms with Crippen LogP contribution in [0.2, 0.25) is 10.0 Å². The van der Waals surface area contributed by atoms with Crippen LogP contribution in [0.25, 0.3) is 0 Å². The Hall–Kier alpha value is -1.60. The van der Waals surface area contributed by atoms with E-state index in [1.807, 2.05) is 30.3 Å². The van der Waals surface area contributed by atoms with E-state index in [2.05, 4.69) is 0 Å². The van der Waals surface area contributed by atoms with Gasteiger partial charge in [0, 0.05) is 31.7 Å². The molecule has 0 aliphatic carbocycles. The highest BCUT2D eigenvalue weighted by molar-refractivity contribution is 7.89. The maximum absolute atomic E-state index is 12.9. The van der Waals surface area contributed by atoms with E-state index < -0.39 is 10.0 Å². The summed E-state index contributed by atoms with van der Waals surface area (Å²) in [5, 5.41) is 0.203. The Balaban J connectivity index is 1.71. The van der Waals surface area contributed by atoms with Crippen LogP contribution in [0.5, 0.6) is 0 Å². The predicted octanol–water partition coefficient (Wildman–Crippen LogP) is 4.06. The van der Waals surface area contributed by atoms with E-state index in [1.165, 1.54) is 16.4 Å². The van der Waals surface area contributed by atoms with Crippen LogP contribution in [0.4, 0.5) is 5.69 Å². The van der Waals surface area contributed by atoms with Crippen LogP contribution in [0.15, 0.2) is 53.4 Å². The summed E-state index contributed by atoms with van der Waals surface area (Å²) < 4.78 is 27.2. The topological polar surface area (TPSA) is 57.7 Å². The summed E-state index contributed by atoms with van der Waals surface area (Å²) in [5.41, 5.74) is 0.820. The summed E-state index contributed by atoms with van der Waals surface area (Å²) in [6.07, 6.45) is 0.911. The standard InChI is InChI=1S/C19H20Cl2N2O3S/c1-22(15-6-3-2-4-7-15)19(24)14-10-12-23(13-11-14)27(25,26)18-16(20)8-5-9-17(18)21/h2-9,14H,10-13H2,1H3. The third-order valence-corrected chi connectivity index (χ3v) is 7.65. The lowest BCUT2D eigenvalue weighted by atomic mass is 9.96. The molecule has 0 spiro atoms. The number of hydrogen-bond donors (Lipinski definition) is 0. The van der Waals surface area contributed by atoms with Crippen LogP contribution in [0.1, 0.15) is 12.8 Å². The molecule has 0 unspecified atom stereocenters. The zero-order valence-corrected chi connectivity index (χ0v) is 17.1. The van der Waals surface area contributed by atoms with Crippen LogP contribution < -0.4 is 4.90 Å². The number of carbonyl (C=O) groups excluding carboxylic acids is 1. The molecular weight excluding hydrogens is 407 g/mol. The lowest BCUT2D eigenvalue weighted by Gasteiger charge is -2.32. The van der Waals surface area contributed by atoms with Crippen LogP contribution in [-0.2, 0) is 14.8 Å². The van der Waals surface area contributed by atoms with Gasteiger partial charge in [-0.1, -0.05) is 47.5 Å². The predicted molar refractivity (Wildman–Crippen MR) is 108 cm³/mol. The molecule has 1 amide bonds. The van der Waals surface area contributed by atoms with Gasteiger partial charge in [0.05, 0.1) is 10.0 Å². The molecule has 8 heteroatoms. The van der Waals surface area contributed by atoms with Gasteiger partial charge in [-0.25, -0.2) is 8.42 Å². The molecule has 1 aliphatic rings. The molecule has 0 N–H and O–H groups in total. The first-order valence-electron chi connectivity index (χ1n) is 8.59. The molecule has 0 atom stereocenters. The number of nitrogens with zero attached hydrogens (tertiary/aromatic N) is 2. The second kappa shape index (κ2) is 8.19. The normalized spacial score (nSPS) is 16.3. The number of benzene rings is 2. The zero-order chi connectivity index (χ0) is 19.6. The largest absolute Gasteiger partial charge is 0.315 e. The molecular formula is C19H20Cl2N2O3S. The van der Waals surface area contributed by atoms with Crippen LogP contribution in [0, 0.1) is 5.92 Å². The monoisotopic (exact) mass is 426 g/mol. The minimum Gasteiger partial charge on any atom is -0.315 e. The molecule has 1 saturated heterocycles. The second-order valence-electron chi connectivity index (χ2n) is 6.46. The number of hydrogen-bond acceptors (Lipinski definition) is 3. The van der Waals surface area contributed by atoms with E-state index in [-0.39, 0.29) is 39.9 Å². The maximum Gasteiger partial charge on any atom is 0.246 e. The summed E-state index contributed by atoms with van der Waals surface area (Å²) in [7, 11) is -2.06. The van der Waals surface area contributed by atoms with Gasteiger partial charge in [-0.2, -0.15) is 4.31 Å². The molecule has 1 aliphatic heterocycles. The van der Waals surface area contributed by atoms with Gasteiger partial charge in [-0.3, -0.25) is 4.79 Å². The lowest BCUT2D eigenvalue weighted by Crippen LogP contribution is -2.43. The molecule has 5 nitrogen and oxygen atoms in total. The van der Waals surface area contributed by atoms with E-state index >= 15 is 0 Å². The Morgan fingerprint density at radius 3 is 2.11 bits per heavy atom. The Morgan fingerprint density at radius 1 is 1.00 bits per heavy atom. The molecule has 1 heterocycles. The number of amides is 1. The van der Waals surface area contributed by atoms with Crippen molar-refractivity contribution in [3.63, 3.8) is 0 Å². The number of sulfonamides is 1. The van der Waals surface area contributed by atoms with Gasteiger partial charge in [-0.05, 0) is 37.1 Å². The zero-order valence-electron chi connectivity index (χ0n) is 14.8. The van der Waals surface area contributed by atoms with Crippen molar-refractivity contribution in [3.05, 3.63) is 58.6 Å². The Bertz CT molecular complexity index is 907. The van der Waals surface area contributed by atoms with E-state index in [0.29, 0.717) is 12.8 Å². The lowest BCUT2D eigenvalue weighted by molar-refractivity contribution is -0.123. The third-order valence-electron chi connectivity index (χ3n) is 4.79. The van der Waals surface area contributed by atoms with Gasteiger partial charge in [0.25, 0.3) is 0 Å². The highest BCUT2D eigenvalue weighted by Crippen LogP contribution is 2.33. The number of anilines is 1. The van der Waals surface area contributed by atoms with Crippen molar-refractivity contribution in [1.29, 1.82) is 0 Å². The van der Waals surface area contributed by atoms with Crippen molar-refractivity contribution in [2.45, 2.75) is 17.7 Å². The first kappa shape index (κ1) is 20.1. The fourth-order valence-electron chi connectivity index (χ4n) is 3.25. The Labute approximate surface area is 169 Å². The van der Waals surface area contributed by atoms with E-state index in [1.54, 1.807) is 18.0 Å². The first-order chi connectivity index (χ1) is 12.8. The van der Waals surface area contributed by atoms with Gasteiger partial charge in [0.2, 0.25) is 15.9 Å². The number of halogens is 2. The van der Waals surface area contributed by atoms with Gasteiger partial charge in [0.15, 0.2) is 0 Å². The quantitative estimate of drug-likeness (QED) is 0.740. The average molecular weight is 427 g/mol. The van der Waals surface area contributed by atoms with Gasteiger partial charge < -0.3 is 4.90 Å². The molecule has 1 fully saturated rings. The number of para-hydroxylation sites is 1. The van der Waals surface area contributed by atoms with Gasteiger partial charge >= 0.3 is 0 Å². The molecule has 3 rings (SSSR count).